The fourth-order valence-corrected chi connectivity index (χ4v) is 2.69. The maximum absolute atomic E-state index is 12.3. The van der Waals surface area contributed by atoms with E-state index in [1.54, 1.807) is 30.9 Å². The fourth-order valence-electron chi connectivity index (χ4n) is 2.69. The normalized spacial score (nSPS) is 17.2. The highest BCUT2D eigenvalue weighted by Crippen LogP contribution is 2.25. The SMILES string of the molecule is Cc1ccc(NC(=O)N2CCC(C(C)O)CC2)cc1OC(F)F. The van der Waals surface area contributed by atoms with Crippen LogP contribution in [0.4, 0.5) is 19.3 Å². The van der Waals surface area contributed by atoms with Gasteiger partial charge in [-0.1, -0.05) is 6.07 Å². The zero-order valence-corrected chi connectivity index (χ0v) is 13.3. The Hall–Kier alpha value is -1.89. The second-order valence-corrected chi connectivity index (χ2v) is 5.85. The highest BCUT2D eigenvalue weighted by Gasteiger charge is 2.25. The average Bonchev–Trinajstić information content (AvgIpc) is 2.50. The molecule has 2 amide bonds. The van der Waals surface area contributed by atoms with Gasteiger partial charge < -0.3 is 20.1 Å². The molecule has 1 unspecified atom stereocenters. The van der Waals surface area contributed by atoms with Crippen LogP contribution in [0.2, 0.25) is 0 Å². The van der Waals surface area contributed by atoms with Crippen molar-refractivity contribution < 1.29 is 23.4 Å². The van der Waals surface area contributed by atoms with Gasteiger partial charge in [0, 0.05) is 24.8 Å². The molecule has 1 aliphatic rings. The lowest BCUT2D eigenvalue weighted by atomic mass is 9.92. The standard InChI is InChI=1S/C16H22F2N2O3/c1-10-3-4-13(9-14(10)23-15(17)18)19-16(22)20-7-5-12(6-8-20)11(2)21/h3-4,9,11-12,15,21H,5-8H2,1-2H3,(H,19,22). The summed E-state index contributed by atoms with van der Waals surface area (Å²) in [6.45, 7) is 1.64. The van der Waals surface area contributed by atoms with Gasteiger partial charge in [-0.2, -0.15) is 8.78 Å². The summed E-state index contributed by atoms with van der Waals surface area (Å²) in [5.74, 6) is 0.259. The van der Waals surface area contributed by atoms with Gasteiger partial charge in [0.05, 0.1) is 6.10 Å². The zero-order chi connectivity index (χ0) is 17.0. The number of amides is 2. The molecule has 0 aromatic heterocycles. The molecule has 7 heteroatoms. The molecule has 1 aromatic rings. The van der Waals surface area contributed by atoms with Gasteiger partial charge in [-0.25, -0.2) is 4.79 Å². The molecule has 0 aliphatic carbocycles. The zero-order valence-electron chi connectivity index (χ0n) is 13.3. The van der Waals surface area contributed by atoms with E-state index in [1.807, 2.05) is 0 Å². The van der Waals surface area contributed by atoms with E-state index >= 15 is 0 Å². The highest BCUT2D eigenvalue weighted by molar-refractivity contribution is 5.89. The highest BCUT2D eigenvalue weighted by atomic mass is 19.3. The minimum atomic E-state index is -2.90. The number of likely N-dealkylation sites (tertiary alicyclic amines) is 1. The number of aliphatic hydroxyl groups excluding tert-OH is 1. The first-order valence-corrected chi connectivity index (χ1v) is 7.66. The summed E-state index contributed by atoms with van der Waals surface area (Å²) in [5, 5.41) is 12.3. The largest absolute Gasteiger partial charge is 0.434 e. The number of halogens is 2. The number of alkyl halides is 2. The molecule has 1 heterocycles. The Kier molecular flexibility index (Phi) is 5.76. The number of rotatable bonds is 4. The predicted octanol–water partition coefficient (Wildman–Crippen LogP) is 3.22. The lowest BCUT2D eigenvalue weighted by Crippen LogP contribution is -2.42. The number of hydrogen-bond donors (Lipinski definition) is 2. The predicted molar refractivity (Wildman–Crippen MR) is 82.8 cm³/mol. The second-order valence-electron chi connectivity index (χ2n) is 5.85. The molecule has 2 N–H and O–H groups in total. The van der Waals surface area contributed by atoms with Gasteiger partial charge in [-0.15, -0.1) is 0 Å². The van der Waals surface area contributed by atoms with Gasteiger partial charge in [0.1, 0.15) is 5.75 Å². The van der Waals surface area contributed by atoms with Crippen LogP contribution in [0.15, 0.2) is 18.2 Å². The molecular formula is C16H22F2N2O3. The van der Waals surface area contributed by atoms with E-state index in [2.05, 4.69) is 10.1 Å². The monoisotopic (exact) mass is 328 g/mol. The maximum atomic E-state index is 12.3. The molecular weight excluding hydrogens is 306 g/mol. The maximum Gasteiger partial charge on any atom is 0.387 e. The third kappa shape index (κ3) is 4.79. The van der Waals surface area contributed by atoms with Crippen LogP contribution in [0.5, 0.6) is 5.75 Å². The van der Waals surface area contributed by atoms with Crippen LogP contribution in [-0.2, 0) is 0 Å². The lowest BCUT2D eigenvalue weighted by molar-refractivity contribution is -0.0502. The topological polar surface area (TPSA) is 61.8 Å². The molecule has 2 rings (SSSR count). The van der Waals surface area contributed by atoms with Gasteiger partial charge in [0.25, 0.3) is 0 Å². The fraction of sp³-hybridized carbons (Fsp3) is 0.562. The molecule has 23 heavy (non-hydrogen) atoms. The van der Waals surface area contributed by atoms with Crippen molar-refractivity contribution in [3.8, 4) is 5.75 Å². The van der Waals surface area contributed by atoms with Crippen molar-refractivity contribution in [3.63, 3.8) is 0 Å². The minimum Gasteiger partial charge on any atom is -0.434 e. The third-order valence-electron chi connectivity index (χ3n) is 4.16. The van der Waals surface area contributed by atoms with Crippen LogP contribution >= 0.6 is 0 Å². The Morgan fingerprint density at radius 2 is 2.04 bits per heavy atom. The number of aliphatic hydroxyl groups is 1. The number of urea groups is 1. The first kappa shape index (κ1) is 17.5. The number of nitrogens with zero attached hydrogens (tertiary/aromatic N) is 1. The summed E-state index contributed by atoms with van der Waals surface area (Å²) in [6, 6.07) is 4.38. The summed E-state index contributed by atoms with van der Waals surface area (Å²) >= 11 is 0. The number of aryl methyl sites for hydroxylation is 1. The number of ether oxygens (including phenoxy) is 1. The number of carbonyl (C=O) groups excluding carboxylic acids is 1. The molecule has 5 nitrogen and oxygen atoms in total. The Labute approximate surface area is 134 Å². The lowest BCUT2D eigenvalue weighted by Gasteiger charge is -2.33. The van der Waals surface area contributed by atoms with E-state index in [0.717, 1.165) is 12.8 Å². The van der Waals surface area contributed by atoms with Gasteiger partial charge in [-0.3, -0.25) is 0 Å². The van der Waals surface area contributed by atoms with E-state index in [-0.39, 0.29) is 23.8 Å². The summed E-state index contributed by atoms with van der Waals surface area (Å²) in [7, 11) is 0. The number of nitrogens with one attached hydrogen (secondary N) is 1. The molecule has 0 saturated carbocycles. The van der Waals surface area contributed by atoms with Crippen molar-refractivity contribution in [2.75, 3.05) is 18.4 Å². The molecule has 128 valence electrons. The van der Waals surface area contributed by atoms with Crippen LogP contribution < -0.4 is 10.1 Å². The first-order valence-electron chi connectivity index (χ1n) is 7.66. The molecule has 1 fully saturated rings. The Morgan fingerprint density at radius 1 is 1.39 bits per heavy atom. The Bertz CT molecular complexity index is 544. The van der Waals surface area contributed by atoms with Crippen LogP contribution in [0.25, 0.3) is 0 Å². The van der Waals surface area contributed by atoms with Gasteiger partial charge >= 0.3 is 12.6 Å². The van der Waals surface area contributed by atoms with E-state index in [4.69, 9.17) is 0 Å². The van der Waals surface area contributed by atoms with Crippen molar-refractivity contribution in [2.45, 2.75) is 39.4 Å². The number of anilines is 1. The van der Waals surface area contributed by atoms with E-state index in [9.17, 15) is 18.7 Å². The quantitative estimate of drug-likeness (QED) is 0.892. The van der Waals surface area contributed by atoms with E-state index in [0.29, 0.717) is 24.3 Å². The van der Waals surface area contributed by atoms with Crippen molar-refractivity contribution in [2.24, 2.45) is 5.92 Å². The summed E-state index contributed by atoms with van der Waals surface area (Å²) in [5.41, 5.74) is 0.981. The Balaban J connectivity index is 1.95. The van der Waals surface area contributed by atoms with Crippen LogP contribution in [-0.4, -0.2) is 41.8 Å². The Morgan fingerprint density at radius 3 is 2.61 bits per heavy atom. The minimum absolute atomic E-state index is 0.0469. The summed E-state index contributed by atoms with van der Waals surface area (Å²) in [6.07, 6.45) is 1.13. The molecule has 1 atom stereocenters. The third-order valence-corrected chi connectivity index (χ3v) is 4.16. The number of carbonyl (C=O) groups is 1. The molecule has 1 aliphatic heterocycles. The van der Waals surface area contributed by atoms with Crippen LogP contribution in [0.3, 0.4) is 0 Å². The summed E-state index contributed by atoms with van der Waals surface area (Å²) in [4.78, 5) is 13.9. The molecule has 0 bridgehead atoms. The van der Waals surface area contributed by atoms with Gasteiger partial charge in [0.15, 0.2) is 0 Å². The average molecular weight is 328 g/mol. The first-order chi connectivity index (χ1) is 10.9. The van der Waals surface area contributed by atoms with E-state index in [1.165, 1.54) is 6.07 Å². The summed E-state index contributed by atoms with van der Waals surface area (Å²) < 4.78 is 29.1. The van der Waals surface area contributed by atoms with Crippen molar-refractivity contribution >= 4 is 11.7 Å². The number of benzene rings is 1. The van der Waals surface area contributed by atoms with E-state index < -0.39 is 6.61 Å². The van der Waals surface area contributed by atoms with Gasteiger partial charge in [0.2, 0.25) is 0 Å². The van der Waals surface area contributed by atoms with Gasteiger partial charge in [-0.05, 0) is 44.2 Å². The van der Waals surface area contributed by atoms with Crippen molar-refractivity contribution in [1.82, 2.24) is 4.90 Å². The number of hydrogen-bond acceptors (Lipinski definition) is 3. The molecule has 1 saturated heterocycles. The van der Waals surface area contributed by atoms with Crippen LogP contribution in [0, 0.1) is 12.8 Å². The molecule has 0 spiro atoms. The molecule has 1 aromatic carbocycles. The van der Waals surface area contributed by atoms with Crippen molar-refractivity contribution in [1.29, 1.82) is 0 Å². The second kappa shape index (κ2) is 7.59. The number of piperidine rings is 1. The van der Waals surface area contributed by atoms with Crippen molar-refractivity contribution in [3.05, 3.63) is 23.8 Å². The van der Waals surface area contributed by atoms with Crippen LogP contribution in [0.1, 0.15) is 25.3 Å². The smallest absolute Gasteiger partial charge is 0.387 e. The molecule has 0 radical (unpaired) electrons.